The lowest BCUT2D eigenvalue weighted by Gasteiger charge is -2.36. The van der Waals surface area contributed by atoms with Crippen molar-refractivity contribution >= 4 is 28.9 Å². The van der Waals surface area contributed by atoms with Crippen molar-refractivity contribution in [3.05, 3.63) is 71.3 Å². The molecule has 2 heterocycles. The van der Waals surface area contributed by atoms with Crippen LogP contribution < -0.4 is 4.90 Å². The fourth-order valence-electron chi connectivity index (χ4n) is 5.75. The molecular weight excluding hydrogens is 472 g/mol. The predicted octanol–water partition coefficient (Wildman–Crippen LogP) is 6.38. The van der Waals surface area contributed by atoms with E-state index < -0.39 is 17.4 Å². The van der Waals surface area contributed by atoms with E-state index in [4.69, 9.17) is 0 Å². The number of carbonyl (C=O) groups excluding carboxylic acids is 3. The van der Waals surface area contributed by atoms with Crippen molar-refractivity contribution in [1.29, 1.82) is 0 Å². The molecule has 0 radical (unpaired) electrons. The Hall–Kier alpha value is -3.21. The zero-order valence-corrected chi connectivity index (χ0v) is 23.6. The van der Waals surface area contributed by atoms with Gasteiger partial charge in [-0.25, -0.2) is 0 Å². The number of ketones is 1. The third kappa shape index (κ3) is 6.25. The molecule has 2 atom stereocenters. The summed E-state index contributed by atoms with van der Waals surface area (Å²) in [7, 11) is 0. The fourth-order valence-corrected chi connectivity index (χ4v) is 5.75. The number of benzene rings is 2. The number of hydrogen-bond donors (Lipinski definition) is 0. The number of carbonyl (C=O) groups is 3. The summed E-state index contributed by atoms with van der Waals surface area (Å²) in [5.74, 6) is -0.618. The van der Waals surface area contributed by atoms with E-state index in [9.17, 15) is 14.4 Å². The fraction of sp³-hybridized carbons (Fsp3) is 0.485. The van der Waals surface area contributed by atoms with Crippen LogP contribution in [0.2, 0.25) is 0 Å². The Bertz CT molecular complexity index is 1210. The maximum atomic E-state index is 14.0. The lowest BCUT2D eigenvalue weighted by Crippen LogP contribution is -2.51. The van der Waals surface area contributed by atoms with E-state index in [0.29, 0.717) is 19.5 Å². The van der Waals surface area contributed by atoms with E-state index in [0.717, 1.165) is 42.5 Å². The lowest BCUT2D eigenvalue weighted by atomic mass is 9.76. The second-order valence-electron chi connectivity index (χ2n) is 12.0. The van der Waals surface area contributed by atoms with Gasteiger partial charge < -0.3 is 9.80 Å². The molecule has 0 N–H and O–H groups in total. The minimum atomic E-state index is -0.498. The number of nitrogens with zero attached hydrogens (tertiary/aromatic N) is 2. The first kappa shape index (κ1) is 27.8. The van der Waals surface area contributed by atoms with Gasteiger partial charge in [0.05, 0.1) is 5.92 Å². The van der Waals surface area contributed by atoms with Gasteiger partial charge in [-0.3, -0.25) is 14.4 Å². The molecule has 202 valence electrons. The molecule has 0 spiro atoms. The summed E-state index contributed by atoms with van der Waals surface area (Å²) in [6.07, 6.45) is 6.24. The van der Waals surface area contributed by atoms with E-state index in [1.165, 1.54) is 11.1 Å². The maximum Gasteiger partial charge on any atom is 0.249 e. The molecule has 0 aromatic heterocycles. The molecule has 2 aromatic rings. The van der Waals surface area contributed by atoms with Crippen LogP contribution in [0.1, 0.15) is 76.5 Å². The Balaban J connectivity index is 1.53. The first-order valence-electron chi connectivity index (χ1n) is 14.0. The van der Waals surface area contributed by atoms with Crippen LogP contribution in [0.25, 0.3) is 5.57 Å². The molecule has 2 aromatic carbocycles. The molecule has 5 heteroatoms. The minimum absolute atomic E-state index is 0.0132. The Labute approximate surface area is 227 Å². The van der Waals surface area contributed by atoms with Crippen molar-refractivity contribution in [2.75, 3.05) is 18.0 Å². The van der Waals surface area contributed by atoms with Gasteiger partial charge in [0, 0.05) is 25.2 Å². The van der Waals surface area contributed by atoms with Gasteiger partial charge in [0.1, 0.15) is 6.04 Å². The molecule has 1 saturated heterocycles. The molecule has 2 amide bonds. The van der Waals surface area contributed by atoms with Gasteiger partial charge in [-0.2, -0.15) is 0 Å². The van der Waals surface area contributed by atoms with Gasteiger partial charge in [-0.15, -0.1) is 0 Å². The van der Waals surface area contributed by atoms with E-state index in [-0.39, 0.29) is 24.0 Å². The van der Waals surface area contributed by atoms with Crippen LogP contribution in [-0.2, 0) is 20.8 Å². The number of likely N-dealkylation sites (tertiary alicyclic amines) is 1. The molecule has 0 unspecified atom stereocenters. The molecule has 2 aliphatic rings. The van der Waals surface area contributed by atoms with E-state index in [2.05, 4.69) is 6.07 Å². The molecule has 38 heavy (non-hydrogen) atoms. The quantitative estimate of drug-likeness (QED) is 0.420. The summed E-state index contributed by atoms with van der Waals surface area (Å²) >= 11 is 0. The summed E-state index contributed by atoms with van der Waals surface area (Å²) < 4.78 is 0. The van der Waals surface area contributed by atoms with Gasteiger partial charge >= 0.3 is 0 Å². The second-order valence-corrected chi connectivity index (χ2v) is 12.0. The summed E-state index contributed by atoms with van der Waals surface area (Å²) in [5.41, 5.74) is 4.83. The van der Waals surface area contributed by atoms with Crippen LogP contribution in [-0.4, -0.2) is 41.6 Å². The Morgan fingerprint density at radius 1 is 0.974 bits per heavy atom. The number of fused-ring (bicyclic) bond motifs is 1. The second kappa shape index (κ2) is 11.7. The van der Waals surface area contributed by atoms with Crippen molar-refractivity contribution in [3.63, 3.8) is 0 Å². The smallest absolute Gasteiger partial charge is 0.249 e. The predicted molar refractivity (Wildman–Crippen MR) is 154 cm³/mol. The van der Waals surface area contributed by atoms with Crippen LogP contribution in [0.4, 0.5) is 5.69 Å². The van der Waals surface area contributed by atoms with E-state index >= 15 is 0 Å². The van der Waals surface area contributed by atoms with Crippen LogP contribution in [0, 0.1) is 18.3 Å². The van der Waals surface area contributed by atoms with Crippen molar-refractivity contribution in [2.45, 2.75) is 79.2 Å². The number of hydrogen-bond acceptors (Lipinski definition) is 3. The minimum Gasteiger partial charge on any atom is -0.330 e. The molecule has 0 bridgehead atoms. The summed E-state index contributed by atoms with van der Waals surface area (Å²) in [5, 5.41) is 0. The Kier molecular flexibility index (Phi) is 8.54. The third-order valence-electron chi connectivity index (χ3n) is 8.08. The highest BCUT2D eigenvalue weighted by Crippen LogP contribution is 2.35. The molecule has 2 aliphatic heterocycles. The average molecular weight is 515 g/mol. The summed E-state index contributed by atoms with van der Waals surface area (Å²) in [6.45, 7) is 11.2. The summed E-state index contributed by atoms with van der Waals surface area (Å²) in [4.78, 5) is 44.8. The number of amides is 2. The van der Waals surface area contributed by atoms with Crippen LogP contribution >= 0.6 is 0 Å². The van der Waals surface area contributed by atoms with Gasteiger partial charge in [0.15, 0.2) is 5.78 Å². The van der Waals surface area contributed by atoms with Crippen molar-refractivity contribution in [1.82, 2.24) is 4.90 Å². The van der Waals surface area contributed by atoms with E-state index in [1.54, 1.807) is 11.0 Å². The SMILES string of the molecule is C/C(=C\C(=O)C[C@H](C(=O)N1CCC[C@H]1C(=O)N1CCCCc2ccccc21)C(C)(C)C)c1ccc(C)cc1. The normalized spacial score (nSPS) is 19.1. The first-order chi connectivity index (χ1) is 18.1. The third-order valence-corrected chi connectivity index (χ3v) is 8.08. The molecular formula is C33H42N2O3. The zero-order chi connectivity index (χ0) is 27.4. The van der Waals surface area contributed by atoms with Crippen molar-refractivity contribution in [2.24, 2.45) is 11.3 Å². The first-order valence-corrected chi connectivity index (χ1v) is 14.0. The highest BCUT2D eigenvalue weighted by molar-refractivity contribution is 6.02. The highest BCUT2D eigenvalue weighted by Gasteiger charge is 2.43. The summed E-state index contributed by atoms with van der Waals surface area (Å²) in [6, 6.07) is 15.8. The molecule has 5 nitrogen and oxygen atoms in total. The highest BCUT2D eigenvalue weighted by atomic mass is 16.2. The maximum absolute atomic E-state index is 14.0. The van der Waals surface area contributed by atoms with E-state index in [1.807, 2.05) is 82.0 Å². The van der Waals surface area contributed by atoms with Gasteiger partial charge in [-0.1, -0.05) is 68.8 Å². The van der Waals surface area contributed by atoms with Crippen molar-refractivity contribution in [3.8, 4) is 0 Å². The average Bonchev–Trinajstić information content (AvgIpc) is 3.27. The van der Waals surface area contributed by atoms with Gasteiger partial charge in [-0.05, 0) is 80.2 Å². The lowest BCUT2D eigenvalue weighted by molar-refractivity contribution is -0.145. The Morgan fingerprint density at radius 2 is 1.68 bits per heavy atom. The topological polar surface area (TPSA) is 57.7 Å². The van der Waals surface area contributed by atoms with Crippen LogP contribution in [0.5, 0.6) is 0 Å². The molecule has 1 fully saturated rings. The molecule has 0 saturated carbocycles. The number of allylic oxidation sites excluding steroid dienone is 2. The van der Waals surface area contributed by atoms with Crippen molar-refractivity contribution < 1.29 is 14.4 Å². The molecule has 0 aliphatic carbocycles. The van der Waals surface area contributed by atoms with Gasteiger partial charge in [0.2, 0.25) is 11.8 Å². The number of anilines is 1. The number of para-hydroxylation sites is 1. The number of rotatable bonds is 6. The van der Waals surface area contributed by atoms with Gasteiger partial charge in [0.25, 0.3) is 0 Å². The molecule has 4 rings (SSSR count). The number of aryl methyl sites for hydroxylation is 2. The van der Waals surface area contributed by atoms with Crippen LogP contribution in [0.3, 0.4) is 0 Å². The Morgan fingerprint density at radius 3 is 2.39 bits per heavy atom. The monoisotopic (exact) mass is 514 g/mol. The zero-order valence-electron chi connectivity index (χ0n) is 23.6. The standard InChI is InChI=1S/C33H42N2O3/c1-23-15-17-25(18-16-23)24(2)21-27(36)22-28(33(3,4)5)31(37)35-20-10-14-30(35)32(38)34-19-9-8-12-26-11-6-7-13-29(26)34/h6-7,11,13,15-18,21,28,30H,8-10,12,14,19-20,22H2,1-5H3/b24-21+/t28-,30+/m1/s1. The largest absolute Gasteiger partial charge is 0.330 e. The van der Waals surface area contributed by atoms with Crippen LogP contribution in [0.15, 0.2) is 54.6 Å².